The molecule has 2 rings (SSSR count). The van der Waals surface area contributed by atoms with Crippen LogP contribution in [-0.2, 0) is 0 Å². The van der Waals surface area contributed by atoms with Gasteiger partial charge in [-0.3, -0.25) is 0 Å². The van der Waals surface area contributed by atoms with E-state index in [9.17, 15) is 0 Å². The molecule has 6 heteroatoms. The number of amidine groups is 1. The molecule has 0 unspecified atom stereocenters. The number of rotatable bonds is 4. The topological polar surface area (TPSA) is 36.4 Å². The van der Waals surface area contributed by atoms with Crippen molar-refractivity contribution in [1.82, 2.24) is 0 Å². The monoisotopic (exact) mass is 375 g/mol. The lowest BCUT2D eigenvalue weighted by molar-refractivity contribution is 1.46. The Kier molecular flexibility index (Phi) is 7.31. The van der Waals surface area contributed by atoms with Crippen LogP contribution in [0.4, 0.5) is 11.4 Å². The highest BCUT2D eigenvalue weighted by Gasteiger charge is 2.04. The lowest BCUT2D eigenvalue weighted by Gasteiger charge is -2.10. The van der Waals surface area contributed by atoms with E-state index in [-0.39, 0.29) is 0 Å². The maximum absolute atomic E-state index is 5.91. The Morgan fingerprint density at radius 1 is 1.12 bits per heavy atom. The largest absolute Gasteiger partial charge is 0.335 e. The number of hydrogen-bond donors (Lipinski definition) is 2. The van der Waals surface area contributed by atoms with Crippen molar-refractivity contribution in [2.75, 3.05) is 16.4 Å². The van der Waals surface area contributed by atoms with Gasteiger partial charge in [0.2, 0.25) is 0 Å². The molecule has 0 saturated heterocycles. The highest BCUT2D eigenvalue weighted by Crippen LogP contribution is 2.16. The predicted octanol–water partition coefficient (Wildman–Crippen LogP) is 5.73. The number of nitrogens with one attached hydrogen (secondary N) is 2. The number of aliphatic imine (C=N–C) groups is 1. The van der Waals surface area contributed by atoms with E-state index in [0.717, 1.165) is 17.1 Å². The van der Waals surface area contributed by atoms with Crippen molar-refractivity contribution in [2.45, 2.75) is 6.92 Å². The van der Waals surface area contributed by atoms with Crippen molar-refractivity contribution in [3.63, 3.8) is 0 Å². The third kappa shape index (κ3) is 6.35. The maximum Gasteiger partial charge on any atom is 0.199 e. The van der Waals surface area contributed by atoms with Crippen molar-refractivity contribution in [3.8, 4) is 0 Å². The van der Waals surface area contributed by atoms with E-state index < -0.39 is 0 Å². The molecule has 0 amide bonds. The molecule has 2 aromatic carbocycles. The lowest BCUT2D eigenvalue weighted by Crippen LogP contribution is -2.14. The third-order valence-electron chi connectivity index (χ3n) is 2.94. The zero-order valence-corrected chi connectivity index (χ0v) is 15.6. The lowest BCUT2D eigenvalue weighted by atomic mass is 10.2. The summed E-state index contributed by atoms with van der Waals surface area (Å²) in [4.78, 5) is 4.46. The van der Waals surface area contributed by atoms with Crippen LogP contribution < -0.4 is 10.6 Å². The molecule has 2 aromatic rings. The second-order valence-electron chi connectivity index (χ2n) is 4.94. The molecule has 0 aromatic heterocycles. The van der Waals surface area contributed by atoms with E-state index in [2.05, 4.69) is 22.2 Å². The third-order valence-corrected chi connectivity index (χ3v) is 4.25. The van der Waals surface area contributed by atoms with Crippen molar-refractivity contribution < 1.29 is 0 Å². The van der Waals surface area contributed by atoms with Crippen LogP contribution in [0.5, 0.6) is 0 Å². The fraction of sp³-hybridized carbons (Fsp3) is 0.111. The molecule has 0 aliphatic heterocycles. The molecule has 0 spiro atoms. The highest BCUT2D eigenvalue weighted by atomic mass is 35.5. The van der Waals surface area contributed by atoms with Gasteiger partial charge in [0.25, 0.3) is 0 Å². The summed E-state index contributed by atoms with van der Waals surface area (Å²) < 4.78 is 0. The Morgan fingerprint density at radius 3 is 2.33 bits per heavy atom. The molecular weight excluding hydrogens is 358 g/mol. The molecule has 2 N–H and O–H groups in total. The Balaban J connectivity index is 2.08. The van der Waals surface area contributed by atoms with Crippen molar-refractivity contribution in [1.29, 1.82) is 0 Å². The van der Waals surface area contributed by atoms with Gasteiger partial charge in [0.05, 0.1) is 0 Å². The number of thioether (sulfide) groups is 1. The van der Waals surface area contributed by atoms with E-state index in [1.165, 1.54) is 17.3 Å². The summed E-state index contributed by atoms with van der Waals surface area (Å²) in [6, 6.07) is 15.4. The molecule has 0 saturated carbocycles. The highest BCUT2D eigenvalue weighted by molar-refractivity contribution is 8.14. The molecular formula is C18H18ClN3S2. The maximum atomic E-state index is 5.91. The minimum absolute atomic E-state index is 0.395. The summed E-state index contributed by atoms with van der Waals surface area (Å²) in [5.41, 5.74) is 3.00. The Bertz CT molecular complexity index is 725. The van der Waals surface area contributed by atoms with Crippen molar-refractivity contribution in [2.24, 2.45) is 4.99 Å². The predicted molar refractivity (Wildman–Crippen MR) is 113 cm³/mol. The molecule has 3 nitrogen and oxygen atoms in total. The molecule has 0 atom stereocenters. The van der Waals surface area contributed by atoms with Gasteiger partial charge in [0.1, 0.15) is 0 Å². The number of halogens is 1. The van der Waals surface area contributed by atoms with Crippen LogP contribution in [0.2, 0.25) is 5.02 Å². The minimum Gasteiger partial charge on any atom is -0.335 e. The van der Waals surface area contributed by atoms with E-state index >= 15 is 0 Å². The van der Waals surface area contributed by atoms with E-state index in [0.29, 0.717) is 15.3 Å². The standard InChI is InChI=1S/C18H18ClN3S2/c1-3-12-24-18(21-16-10-6-14(19)7-11-16)22-17(23)20-15-8-4-13(2)5-9-15/h3-11H,1,12H2,2H3,(H2,20,21,22,23). The SMILES string of the molecule is C=CCS/C(=N\C(=S)Nc1ccc(C)cc1)Nc1ccc(Cl)cc1. The second kappa shape index (κ2) is 9.47. The van der Waals surface area contributed by atoms with E-state index in [1.54, 1.807) is 0 Å². The van der Waals surface area contributed by atoms with Crippen LogP contribution in [0.15, 0.2) is 66.2 Å². The first-order valence-corrected chi connectivity index (χ1v) is 9.06. The van der Waals surface area contributed by atoms with Crippen LogP contribution in [0, 0.1) is 6.92 Å². The van der Waals surface area contributed by atoms with E-state index in [1.807, 2.05) is 61.5 Å². The van der Waals surface area contributed by atoms with Gasteiger partial charge in [0.15, 0.2) is 10.3 Å². The fourth-order valence-electron chi connectivity index (χ4n) is 1.77. The smallest absolute Gasteiger partial charge is 0.199 e. The van der Waals surface area contributed by atoms with Gasteiger partial charge in [-0.25, -0.2) is 0 Å². The summed E-state index contributed by atoms with van der Waals surface area (Å²) in [7, 11) is 0. The van der Waals surface area contributed by atoms with Crippen molar-refractivity contribution in [3.05, 3.63) is 71.8 Å². The summed E-state index contributed by atoms with van der Waals surface area (Å²) in [5, 5.41) is 8.14. The first-order chi connectivity index (χ1) is 11.6. The summed E-state index contributed by atoms with van der Waals surface area (Å²) in [5.74, 6) is 0.729. The molecule has 24 heavy (non-hydrogen) atoms. The number of thiocarbonyl (C=S) groups is 1. The number of hydrogen-bond acceptors (Lipinski definition) is 2. The van der Waals surface area contributed by atoms with E-state index in [4.69, 9.17) is 23.8 Å². The molecule has 0 bridgehead atoms. The Morgan fingerprint density at radius 2 is 1.71 bits per heavy atom. The molecule has 0 fully saturated rings. The normalized spacial score (nSPS) is 11.0. The van der Waals surface area contributed by atoms with Crippen LogP contribution in [-0.4, -0.2) is 16.0 Å². The number of benzene rings is 2. The van der Waals surface area contributed by atoms with Gasteiger partial charge in [-0.15, -0.1) is 6.58 Å². The molecule has 0 aliphatic carbocycles. The van der Waals surface area contributed by atoms with Gasteiger partial charge in [0, 0.05) is 22.2 Å². The van der Waals surface area contributed by atoms with Gasteiger partial charge < -0.3 is 10.6 Å². The first-order valence-electron chi connectivity index (χ1n) is 7.29. The molecule has 0 aliphatic rings. The van der Waals surface area contributed by atoms with Gasteiger partial charge in [-0.05, 0) is 55.5 Å². The van der Waals surface area contributed by atoms with Crippen LogP contribution in [0.25, 0.3) is 0 Å². The summed E-state index contributed by atoms with van der Waals surface area (Å²) in [6.07, 6.45) is 1.82. The van der Waals surface area contributed by atoms with Crippen LogP contribution >= 0.6 is 35.6 Å². The quantitative estimate of drug-likeness (QED) is 0.309. The van der Waals surface area contributed by atoms with Crippen LogP contribution in [0.1, 0.15) is 5.56 Å². The summed E-state index contributed by atoms with van der Waals surface area (Å²) in [6.45, 7) is 5.78. The van der Waals surface area contributed by atoms with Gasteiger partial charge in [-0.1, -0.05) is 47.1 Å². The zero-order chi connectivity index (χ0) is 17.4. The summed E-state index contributed by atoms with van der Waals surface area (Å²) >= 11 is 12.8. The van der Waals surface area contributed by atoms with Crippen LogP contribution in [0.3, 0.4) is 0 Å². The first kappa shape index (κ1) is 18.5. The minimum atomic E-state index is 0.395. The zero-order valence-electron chi connectivity index (χ0n) is 13.3. The Labute approximate surface area is 157 Å². The number of aryl methyl sites for hydroxylation is 1. The average molecular weight is 376 g/mol. The Hall–Kier alpha value is -1.82. The fourth-order valence-corrected chi connectivity index (χ4v) is 2.79. The number of anilines is 2. The van der Waals surface area contributed by atoms with Gasteiger partial charge >= 0.3 is 0 Å². The molecule has 124 valence electrons. The second-order valence-corrected chi connectivity index (χ2v) is 6.78. The van der Waals surface area contributed by atoms with Crippen molar-refractivity contribution >= 4 is 57.2 Å². The number of nitrogens with zero attached hydrogens (tertiary/aromatic N) is 1. The average Bonchev–Trinajstić information content (AvgIpc) is 2.57. The molecule has 0 heterocycles. The molecule has 0 radical (unpaired) electrons. The van der Waals surface area contributed by atoms with Gasteiger partial charge in [-0.2, -0.15) is 4.99 Å².